The van der Waals surface area contributed by atoms with E-state index in [-0.39, 0.29) is 11.8 Å². The van der Waals surface area contributed by atoms with Gasteiger partial charge in [-0.2, -0.15) is 0 Å². The van der Waals surface area contributed by atoms with Gasteiger partial charge >= 0.3 is 0 Å². The van der Waals surface area contributed by atoms with Crippen LogP contribution >= 0.6 is 11.3 Å². The molecule has 2 atom stereocenters. The van der Waals surface area contributed by atoms with Gasteiger partial charge in [0.15, 0.2) is 0 Å². The van der Waals surface area contributed by atoms with Crippen LogP contribution in [0.1, 0.15) is 36.4 Å². The summed E-state index contributed by atoms with van der Waals surface area (Å²) < 4.78 is 0. The van der Waals surface area contributed by atoms with Gasteiger partial charge in [-0.1, -0.05) is 12.8 Å². The smallest absolute Gasteiger partial charge is 0.223 e. The maximum Gasteiger partial charge on any atom is 0.223 e. The molecule has 2 rings (SSSR count). The van der Waals surface area contributed by atoms with Gasteiger partial charge in [0.05, 0.1) is 6.54 Å². The molecular formula is C13H21N3OS. The van der Waals surface area contributed by atoms with Crippen LogP contribution in [-0.2, 0) is 11.3 Å². The van der Waals surface area contributed by atoms with Gasteiger partial charge < -0.3 is 11.1 Å². The number of hydrogen-bond acceptors (Lipinski definition) is 4. The Morgan fingerprint density at radius 1 is 1.56 bits per heavy atom. The van der Waals surface area contributed by atoms with Crippen molar-refractivity contribution in [3.8, 4) is 0 Å². The molecule has 0 aromatic carbocycles. The predicted octanol–water partition coefficient (Wildman–Crippen LogP) is 1.83. The van der Waals surface area contributed by atoms with E-state index in [1.807, 2.05) is 12.3 Å². The van der Waals surface area contributed by atoms with E-state index >= 15 is 0 Å². The number of carbonyl (C=O) groups is 1. The van der Waals surface area contributed by atoms with Crippen LogP contribution in [0.4, 0.5) is 0 Å². The monoisotopic (exact) mass is 267 g/mol. The van der Waals surface area contributed by atoms with Crippen molar-refractivity contribution in [3.63, 3.8) is 0 Å². The van der Waals surface area contributed by atoms with E-state index in [0.29, 0.717) is 19.0 Å². The number of amides is 1. The largest absolute Gasteiger partial charge is 0.349 e. The summed E-state index contributed by atoms with van der Waals surface area (Å²) in [7, 11) is 0. The van der Waals surface area contributed by atoms with Crippen molar-refractivity contribution in [2.24, 2.45) is 17.6 Å². The van der Waals surface area contributed by atoms with Crippen molar-refractivity contribution in [3.05, 3.63) is 16.1 Å². The van der Waals surface area contributed by atoms with Crippen LogP contribution in [0.15, 0.2) is 5.38 Å². The summed E-state index contributed by atoms with van der Waals surface area (Å²) in [6.07, 6.45) is 4.41. The number of hydrogen-bond donors (Lipinski definition) is 2. The van der Waals surface area contributed by atoms with E-state index in [1.165, 1.54) is 6.42 Å². The number of aromatic nitrogens is 1. The van der Waals surface area contributed by atoms with Crippen LogP contribution in [0.25, 0.3) is 0 Å². The maximum absolute atomic E-state index is 12.2. The second-order valence-electron chi connectivity index (χ2n) is 4.99. The summed E-state index contributed by atoms with van der Waals surface area (Å²) in [4.78, 5) is 16.5. The molecule has 0 saturated heterocycles. The molecule has 1 saturated carbocycles. The number of thiazole rings is 1. The molecule has 1 aromatic heterocycles. The topological polar surface area (TPSA) is 68.0 Å². The molecule has 5 heteroatoms. The van der Waals surface area contributed by atoms with Crippen molar-refractivity contribution in [2.45, 2.75) is 39.2 Å². The SMILES string of the molecule is Cc1csc(CNC(=O)C2CCCCC2CN)n1. The first kappa shape index (κ1) is 13.5. The molecule has 2 unspecified atom stereocenters. The lowest BCUT2D eigenvalue weighted by Gasteiger charge is -2.29. The third-order valence-corrected chi connectivity index (χ3v) is 4.60. The predicted molar refractivity (Wildman–Crippen MR) is 73.2 cm³/mol. The molecule has 4 nitrogen and oxygen atoms in total. The average Bonchev–Trinajstić information content (AvgIpc) is 2.81. The van der Waals surface area contributed by atoms with E-state index in [0.717, 1.165) is 30.0 Å². The van der Waals surface area contributed by atoms with Crippen LogP contribution in [0.3, 0.4) is 0 Å². The van der Waals surface area contributed by atoms with Crippen LogP contribution in [0.5, 0.6) is 0 Å². The minimum absolute atomic E-state index is 0.102. The fourth-order valence-corrected chi connectivity index (χ4v) is 3.32. The molecule has 1 aliphatic rings. The molecule has 1 heterocycles. The lowest BCUT2D eigenvalue weighted by Crippen LogP contribution is -2.39. The summed E-state index contributed by atoms with van der Waals surface area (Å²) in [5, 5.41) is 5.98. The first-order valence-corrected chi connectivity index (χ1v) is 7.47. The molecule has 3 N–H and O–H groups in total. The fraction of sp³-hybridized carbons (Fsp3) is 0.692. The fourth-order valence-electron chi connectivity index (χ4n) is 2.61. The standard InChI is InChI=1S/C13H21N3OS/c1-9-8-18-12(16-9)7-15-13(17)11-5-3-2-4-10(11)6-14/h8,10-11H,2-7,14H2,1H3,(H,15,17). The zero-order valence-corrected chi connectivity index (χ0v) is 11.6. The number of nitrogens with two attached hydrogens (primary N) is 1. The Morgan fingerprint density at radius 2 is 2.33 bits per heavy atom. The normalized spacial score (nSPS) is 23.9. The molecule has 1 fully saturated rings. The average molecular weight is 267 g/mol. The molecule has 100 valence electrons. The van der Waals surface area contributed by atoms with Crippen LogP contribution in [-0.4, -0.2) is 17.4 Å². The molecule has 1 aromatic rings. The van der Waals surface area contributed by atoms with Crippen molar-refractivity contribution in [1.82, 2.24) is 10.3 Å². The lowest BCUT2D eigenvalue weighted by atomic mass is 9.79. The van der Waals surface area contributed by atoms with E-state index in [1.54, 1.807) is 11.3 Å². The number of aryl methyl sites for hydroxylation is 1. The first-order chi connectivity index (χ1) is 8.70. The van der Waals surface area contributed by atoms with E-state index < -0.39 is 0 Å². The molecule has 0 aliphatic heterocycles. The van der Waals surface area contributed by atoms with Crippen LogP contribution in [0.2, 0.25) is 0 Å². The van der Waals surface area contributed by atoms with Gasteiger partial charge in [0.1, 0.15) is 5.01 Å². The highest BCUT2D eigenvalue weighted by molar-refractivity contribution is 7.09. The van der Waals surface area contributed by atoms with Gasteiger partial charge in [-0.3, -0.25) is 4.79 Å². The van der Waals surface area contributed by atoms with Crippen molar-refractivity contribution >= 4 is 17.2 Å². The Bertz CT molecular complexity index is 405. The number of nitrogens with one attached hydrogen (secondary N) is 1. The molecular weight excluding hydrogens is 246 g/mol. The highest BCUT2D eigenvalue weighted by Crippen LogP contribution is 2.29. The Morgan fingerprint density at radius 3 is 3.00 bits per heavy atom. The van der Waals surface area contributed by atoms with Crippen molar-refractivity contribution < 1.29 is 4.79 Å². The molecule has 1 amide bonds. The highest BCUT2D eigenvalue weighted by Gasteiger charge is 2.29. The lowest BCUT2D eigenvalue weighted by molar-refractivity contribution is -0.127. The second-order valence-corrected chi connectivity index (χ2v) is 5.93. The highest BCUT2D eigenvalue weighted by atomic mass is 32.1. The van der Waals surface area contributed by atoms with Crippen molar-refractivity contribution in [1.29, 1.82) is 0 Å². The summed E-state index contributed by atoms with van der Waals surface area (Å²) in [6, 6.07) is 0. The number of nitrogens with zero attached hydrogens (tertiary/aromatic N) is 1. The third-order valence-electron chi connectivity index (χ3n) is 3.63. The van der Waals surface area contributed by atoms with Gasteiger partial charge in [-0.05, 0) is 32.2 Å². The van der Waals surface area contributed by atoms with Gasteiger partial charge in [0.25, 0.3) is 0 Å². The second kappa shape index (κ2) is 6.29. The first-order valence-electron chi connectivity index (χ1n) is 6.59. The molecule has 1 aliphatic carbocycles. The summed E-state index contributed by atoms with van der Waals surface area (Å²) in [6.45, 7) is 3.13. The number of rotatable bonds is 4. The molecule has 18 heavy (non-hydrogen) atoms. The Kier molecular flexibility index (Phi) is 4.72. The summed E-state index contributed by atoms with van der Waals surface area (Å²) >= 11 is 1.59. The summed E-state index contributed by atoms with van der Waals surface area (Å²) in [5.41, 5.74) is 6.77. The Balaban J connectivity index is 1.86. The third kappa shape index (κ3) is 3.29. The van der Waals surface area contributed by atoms with Crippen LogP contribution in [0, 0.1) is 18.8 Å². The maximum atomic E-state index is 12.2. The zero-order valence-electron chi connectivity index (χ0n) is 10.8. The minimum Gasteiger partial charge on any atom is -0.349 e. The summed E-state index contributed by atoms with van der Waals surface area (Å²) in [5.74, 6) is 0.611. The van der Waals surface area contributed by atoms with Crippen LogP contribution < -0.4 is 11.1 Å². The van der Waals surface area contributed by atoms with Crippen molar-refractivity contribution in [2.75, 3.05) is 6.54 Å². The van der Waals surface area contributed by atoms with E-state index in [2.05, 4.69) is 10.3 Å². The van der Waals surface area contributed by atoms with Gasteiger partial charge in [-0.25, -0.2) is 4.98 Å². The molecule has 0 bridgehead atoms. The van der Waals surface area contributed by atoms with Gasteiger partial charge in [-0.15, -0.1) is 11.3 Å². The van der Waals surface area contributed by atoms with Gasteiger partial charge in [0, 0.05) is 17.0 Å². The number of carbonyl (C=O) groups excluding carboxylic acids is 1. The van der Waals surface area contributed by atoms with Gasteiger partial charge in [0.2, 0.25) is 5.91 Å². The Hall–Kier alpha value is -0.940. The van der Waals surface area contributed by atoms with E-state index in [4.69, 9.17) is 5.73 Å². The zero-order chi connectivity index (χ0) is 13.0. The quantitative estimate of drug-likeness (QED) is 0.874. The molecule has 0 radical (unpaired) electrons. The minimum atomic E-state index is 0.102. The Labute approximate surface area is 112 Å². The molecule has 0 spiro atoms. The van der Waals surface area contributed by atoms with E-state index in [9.17, 15) is 4.79 Å².